The number of carbonyl (C=O) groups excluding carboxylic acids is 1. The average molecular weight is 428 g/mol. The van der Waals surface area contributed by atoms with Crippen LogP contribution >= 0.6 is 0 Å². The number of rotatable bonds is 6. The molecule has 1 aliphatic heterocycles. The number of sulfonamides is 2. The summed E-state index contributed by atoms with van der Waals surface area (Å²) in [7, 11) is -8.13. The summed E-state index contributed by atoms with van der Waals surface area (Å²) in [6.45, 7) is 1.81. The number of nitrogens with zero attached hydrogens (tertiary/aromatic N) is 1. The molecule has 2 aromatic rings. The molecule has 1 heterocycles. The van der Waals surface area contributed by atoms with Crippen molar-refractivity contribution in [3.8, 4) is 5.75 Å². The lowest BCUT2D eigenvalue weighted by atomic mass is 10.3. The largest absolute Gasteiger partial charge is 0.492 e. The molecule has 0 atom stereocenters. The number of benzene rings is 2. The van der Waals surface area contributed by atoms with Crippen molar-refractivity contribution in [3.05, 3.63) is 48.3 Å². The Hall–Kier alpha value is -2.66. The van der Waals surface area contributed by atoms with Gasteiger partial charge in [0, 0.05) is 6.42 Å². The Morgan fingerprint density at radius 3 is 2.57 bits per heavy atom. The van der Waals surface area contributed by atoms with Crippen LogP contribution < -0.4 is 13.8 Å². The van der Waals surface area contributed by atoms with Crippen LogP contribution in [0.3, 0.4) is 0 Å². The predicted octanol–water partition coefficient (Wildman–Crippen LogP) is 2.09. The topological polar surface area (TPSA) is 110 Å². The smallest absolute Gasteiger partial charge is 0.265 e. The maximum atomic E-state index is 13.4. The average Bonchev–Trinajstić information content (AvgIpc) is 2.88. The van der Waals surface area contributed by atoms with E-state index in [0.29, 0.717) is 4.31 Å². The van der Waals surface area contributed by atoms with Crippen molar-refractivity contribution < 1.29 is 30.8 Å². The van der Waals surface area contributed by atoms with E-state index in [0.717, 1.165) is 18.2 Å². The number of halogens is 1. The zero-order valence-corrected chi connectivity index (χ0v) is 16.4. The lowest BCUT2D eigenvalue weighted by Gasteiger charge is -2.18. The number of amides is 1. The summed E-state index contributed by atoms with van der Waals surface area (Å²) in [4.78, 5) is 11.6. The number of hydrogen-bond donors (Lipinski definition) is 1. The molecular formula is C17H17FN2O6S2. The molecule has 2 aromatic carbocycles. The van der Waals surface area contributed by atoms with Gasteiger partial charge in [-0.05, 0) is 43.3 Å². The minimum atomic E-state index is -4.26. The van der Waals surface area contributed by atoms with Crippen molar-refractivity contribution in [2.45, 2.75) is 18.2 Å². The van der Waals surface area contributed by atoms with Gasteiger partial charge in [-0.3, -0.25) is 9.52 Å². The highest BCUT2D eigenvalue weighted by Gasteiger charge is 2.37. The predicted molar refractivity (Wildman–Crippen MR) is 101 cm³/mol. The molecule has 1 saturated heterocycles. The van der Waals surface area contributed by atoms with Crippen LogP contribution in [-0.4, -0.2) is 35.1 Å². The van der Waals surface area contributed by atoms with E-state index in [1.165, 1.54) is 24.3 Å². The molecule has 0 unspecified atom stereocenters. The highest BCUT2D eigenvalue weighted by molar-refractivity contribution is 7.94. The van der Waals surface area contributed by atoms with Gasteiger partial charge in [0.25, 0.3) is 10.0 Å². The van der Waals surface area contributed by atoms with Crippen molar-refractivity contribution in [3.63, 3.8) is 0 Å². The van der Waals surface area contributed by atoms with Crippen LogP contribution in [-0.2, 0) is 24.8 Å². The standard InChI is InChI=1S/C17H17FN2O6S2/c1-2-26-15-7-6-14(20-17(21)8-9-27(20,22)23)11-16(15)28(24,25)19-13-5-3-4-12(18)10-13/h3-7,10-11,19H,2,8-9H2,1H3. The number of anilines is 2. The summed E-state index contributed by atoms with van der Waals surface area (Å²) in [6, 6.07) is 8.48. The number of nitrogens with one attached hydrogen (secondary N) is 1. The molecule has 0 spiro atoms. The Morgan fingerprint density at radius 1 is 1.21 bits per heavy atom. The minimum absolute atomic E-state index is 0.0160. The second kappa shape index (κ2) is 7.40. The lowest BCUT2D eigenvalue weighted by molar-refractivity contribution is -0.116. The Kier molecular flexibility index (Phi) is 5.31. The van der Waals surface area contributed by atoms with Crippen LogP contribution in [0.4, 0.5) is 15.8 Å². The highest BCUT2D eigenvalue weighted by atomic mass is 32.2. The molecule has 0 radical (unpaired) electrons. The molecule has 0 aromatic heterocycles. The number of carbonyl (C=O) groups is 1. The minimum Gasteiger partial charge on any atom is -0.492 e. The first-order chi connectivity index (χ1) is 13.1. The van der Waals surface area contributed by atoms with E-state index >= 15 is 0 Å². The monoisotopic (exact) mass is 428 g/mol. The molecule has 8 nitrogen and oxygen atoms in total. The van der Waals surface area contributed by atoms with Crippen LogP contribution in [0.2, 0.25) is 0 Å². The summed E-state index contributed by atoms with van der Waals surface area (Å²) in [6.07, 6.45) is -0.181. The molecule has 0 aliphatic carbocycles. The zero-order valence-electron chi connectivity index (χ0n) is 14.8. The van der Waals surface area contributed by atoms with Gasteiger partial charge in [0.15, 0.2) is 0 Å². The molecule has 0 bridgehead atoms. The van der Waals surface area contributed by atoms with Crippen LogP contribution in [0.15, 0.2) is 47.4 Å². The van der Waals surface area contributed by atoms with Gasteiger partial charge in [-0.2, -0.15) is 0 Å². The van der Waals surface area contributed by atoms with E-state index < -0.39 is 31.8 Å². The van der Waals surface area contributed by atoms with Gasteiger partial charge >= 0.3 is 0 Å². The number of ether oxygens (including phenoxy) is 1. The van der Waals surface area contributed by atoms with E-state index in [1.54, 1.807) is 6.92 Å². The van der Waals surface area contributed by atoms with Crippen LogP contribution in [0.1, 0.15) is 13.3 Å². The third kappa shape index (κ3) is 3.94. The normalized spacial score (nSPS) is 16.2. The molecule has 1 aliphatic rings. The fraction of sp³-hybridized carbons (Fsp3) is 0.235. The summed E-state index contributed by atoms with van der Waals surface area (Å²) >= 11 is 0. The fourth-order valence-corrected chi connectivity index (χ4v) is 5.41. The molecule has 0 saturated carbocycles. The first kappa shape index (κ1) is 20.1. The van der Waals surface area contributed by atoms with Crippen molar-refractivity contribution in [2.24, 2.45) is 0 Å². The molecule has 1 N–H and O–H groups in total. The zero-order chi connectivity index (χ0) is 20.5. The summed E-state index contributed by atoms with van der Waals surface area (Å²) < 4.78 is 71.5. The summed E-state index contributed by atoms with van der Waals surface area (Å²) in [5.41, 5.74) is -0.122. The van der Waals surface area contributed by atoms with E-state index in [-0.39, 0.29) is 40.8 Å². The summed E-state index contributed by atoms with van der Waals surface area (Å²) in [5, 5.41) is 0. The van der Waals surface area contributed by atoms with Crippen molar-refractivity contribution in [1.82, 2.24) is 0 Å². The highest BCUT2D eigenvalue weighted by Crippen LogP contribution is 2.33. The van der Waals surface area contributed by atoms with Crippen molar-refractivity contribution >= 4 is 37.3 Å². The molecular weight excluding hydrogens is 411 g/mol. The maximum Gasteiger partial charge on any atom is 0.265 e. The SMILES string of the molecule is CCOc1ccc(N2C(=O)CCS2(=O)=O)cc1S(=O)(=O)Nc1cccc(F)c1. The number of hydrogen-bond acceptors (Lipinski definition) is 6. The van der Waals surface area contributed by atoms with Gasteiger partial charge < -0.3 is 4.74 Å². The lowest BCUT2D eigenvalue weighted by Crippen LogP contribution is -2.29. The van der Waals surface area contributed by atoms with E-state index in [1.807, 2.05) is 0 Å². The molecule has 28 heavy (non-hydrogen) atoms. The molecule has 3 rings (SSSR count). The molecule has 150 valence electrons. The van der Waals surface area contributed by atoms with Crippen LogP contribution in [0.25, 0.3) is 0 Å². The van der Waals surface area contributed by atoms with Crippen molar-refractivity contribution in [2.75, 3.05) is 21.4 Å². The van der Waals surface area contributed by atoms with E-state index in [4.69, 9.17) is 4.74 Å². The van der Waals surface area contributed by atoms with Gasteiger partial charge in [-0.25, -0.2) is 25.5 Å². The van der Waals surface area contributed by atoms with Gasteiger partial charge in [0.05, 0.1) is 23.7 Å². The molecule has 1 amide bonds. The first-order valence-electron chi connectivity index (χ1n) is 8.25. The van der Waals surface area contributed by atoms with Crippen molar-refractivity contribution in [1.29, 1.82) is 0 Å². The molecule has 1 fully saturated rings. The Bertz CT molecular complexity index is 1130. The Labute approximate surface area is 162 Å². The summed E-state index contributed by atoms with van der Waals surface area (Å²) in [5.74, 6) is -1.65. The van der Waals surface area contributed by atoms with Gasteiger partial charge in [0.2, 0.25) is 15.9 Å². The quantitative estimate of drug-likeness (QED) is 0.755. The van der Waals surface area contributed by atoms with Gasteiger partial charge in [-0.15, -0.1) is 0 Å². The van der Waals surface area contributed by atoms with E-state index in [9.17, 15) is 26.0 Å². The second-order valence-corrected chi connectivity index (χ2v) is 9.49. The van der Waals surface area contributed by atoms with Gasteiger partial charge in [0.1, 0.15) is 16.5 Å². The second-order valence-electron chi connectivity index (χ2n) is 5.90. The fourth-order valence-electron chi connectivity index (χ4n) is 2.74. The third-order valence-corrected chi connectivity index (χ3v) is 7.00. The Balaban J connectivity index is 2.08. The third-order valence-electron chi connectivity index (χ3n) is 3.91. The maximum absolute atomic E-state index is 13.4. The first-order valence-corrected chi connectivity index (χ1v) is 11.3. The van der Waals surface area contributed by atoms with Crippen LogP contribution in [0, 0.1) is 5.82 Å². The van der Waals surface area contributed by atoms with Gasteiger partial charge in [-0.1, -0.05) is 6.07 Å². The molecule has 11 heteroatoms. The van der Waals surface area contributed by atoms with Crippen LogP contribution in [0.5, 0.6) is 5.75 Å². The Morgan fingerprint density at radius 2 is 1.96 bits per heavy atom. The van der Waals surface area contributed by atoms with E-state index in [2.05, 4.69) is 4.72 Å².